The van der Waals surface area contributed by atoms with Crippen LogP contribution in [-0.4, -0.2) is 27.0 Å². The third kappa shape index (κ3) is 3.08. The molecule has 0 aliphatic carbocycles. The second-order valence-corrected chi connectivity index (χ2v) is 3.45. The summed E-state index contributed by atoms with van der Waals surface area (Å²) in [5.41, 5.74) is 0.719. The Labute approximate surface area is 93.3 Å². The predicted molar refractivity (Wildman–Crippen MR) is 56.7 cm³/mol. The number of hydrogen-bond acceptors (Lipinski definition) is 3. The molecule has 0 saturated carbocycles. The number of aryl methyl sites for hydroxylation is 1. The molecule has 0 aliphatic rings. The Hall–Kier alpha value is -1.85. The van der Waals surface area contributed by atoms with Crippen molar-refractivity contribution in [2.24, 2.45) is 0 Å². The Balaban J connectivity index is 2.86. The van der Waals surface area contributed by atoms with Gasteiger partial charge in [-0.15, -0.1) is 0 Å². The van der Waals surface area contributed by atoms with E-state index in [1.165, 1.54) is 0 Å². The van der Waals surface area contributed by atoms with Crippen LogP contribution in [0.4, 0.5) is 0 Å². The van der Waals surface area contributed by atoms with Gasteiger partial charge in [0.15, 0.2) is 0 Å². The molecule has 0 aromatic carbocycles. The summed E-state index contributed by atoms with van der Waals surface area (Å²) in [6.07, 6.45) is 4.51. The number of rotatable bonds is 7. The number of hydrogen-bond donors (Lipinski definition) is 2. The van der Waals surface area contributed by atoms with Crippen LogP contribution in [0.5, 0.6) is 0 Å². The summed E-state index contributed by atoms with van der Waals surface area (Å²) >= 11 is 0. The zero-order chi connectivity index (χ0) is 12.0. The molecule has 0 saturated heterocycles. The number of carboxylic acids is 1. The van der Waals surface area contributed by atoms with Crippen LogP contribution < -0.4 is 5.32 Å². The lowest BCUT2D eigenvalue weighted by molar-refractivity contribution is -0.137. The van der Waals surface area contributed by atoms with Gasteiger partial charge < -0.3 is 15.0 Å². The van der Waals surface area contributed by atoms with Crippen molar-refractivity contribution in [3.05, 3.63) is 18.2 Å². The second kappa shape index (κ2) is 5.89. The van der Waals surface area contributed by atoms with Gasteiger partial charge >= 0.3 is 5.97 Å². The van der Waals surface area contributed by atoms with Gasteiger partial charge in [-0.05, 0) is 6.42 Å². The van der Waals surface area contributed by atoms with Crippen molar-refractivity contribution in [2.75, 3.05) is 0 Å². The highest BCUT2D eigenvalue weighted by atomic mass is 16.4. The molecule has 1 aromatic rings. The first-order chi connectivity index (χ1) is 7.69. The van der Waals surface area contributed by atoms with Crippen LogP contribution in [0.1, 0.15) is 31.5 Å². The molecule has 2 N–H and O–H groups in total. The average molecular weight is 225 g/mol. The van der Waals surface area contributed by atoms with E-state index in [0.29, 0.717) is 6.41 Å². The molecule has 1 aromatic heterocycles. The first-order valence-corrected chi connectivity index (χ1v) is 5.10. The number of nitrogens with one attached hydrogen (secondary N) is 1. The van der Waals surface area contributed by atoms with Crippen molar-refractivity contribution in [1.29, 1.82) is 0 Å². The topological polar surface area (TPSA) is 84.2 Å². The Bertz CT molecular complexity index is 362. The maximum absolute atomic E-state index is 10.7. The summed E-state index contributed by atoms with van der Waals surface area (Å²) in [5.74, 6) is -0.955. The number of aromatic nitrogens is 2. The lowest BCUT2D eigenvalue weighted by Gasteiger charge is -2.15. The van der Waals surface area contributed by atoms with Gasteiger partial charge in [0.05, 0.1) is 30.7 Å². The summed E-state index contributed by atoms with van der Waals surface area (Å²) in [6, 6.07) is -0.524. The van der Waals surface area contributed by atoms with E-state index in [4.69, 9.17) is 5.11 Å². The summed E-state index contributed by atoms with van der Waals surface area (Å²) in [4.78, 5) is 25.1. The van der Waals surface area contributed by atoms with Crippen LogP contribution in [0.3, 0.4) is 0 Å². The third-order valence-corrected chi connectivity index (χ3v) is 2.21. The van der Waals surface area contributed by atoms with Gasteiger partial charge in [0.1, 0.15) is 0 Å². The van der Waals surface area contributed by atoms with Gasteiger partial charge in [0.25, 0.3) is 0 Å². The van der Waals surface area contributed by atoms with E-state index in [2.05, 4.69) is 10.3 Å². The van der Waals surface area contributed by atoms with Crippen molar-refractivity contribution < 1.29 is 14.7 Å². The van der Waals surface area contributed by atoms with Crippen molar-refractivity contribution in [1.82, 2.24) is 14.9 Å². The highest BCUT2D eigenvalue weighted by molar-refractivity contribution is 5.68. The summed E-state index contributed by atoms with van der Waals surface area (Å²) in [6.45, 7) is 2.77. The maximum Gasteiger partial charge on any atom is 0.305 e. The van der Waals surface area contributed by atoms with E-state index < -0.39 is 12.0 Å². The van der Waals surface area contributed by atoms with Crippen LogP contribution in [0.25, 0.3) is 0 Å². The minimum Gasteiger partial charge on any atom is -0.481 e. The van der Waals surface area contributed by atoms with E-state index in [-0.39, 0.29) is 6.42 Å². The van der Waals surface area contributed by atoms with E-state index in [9.17, 15) is 9.59 Å². The number of amides is 1. The second-order valence-electron chi connectivity index (χ2n) is 3.45. The Morgan fingerprint density at radius 2 is 2.50 bits per heavy atom. The molecular weight excluding hydrogens is 210 g/mol. The molecular formula is C10H15N3O3. The highest BCUT2D eigenvalue weighted by Gasteiger charge is 2.18. The zero-order valence-corrected chi connectivity index (χ0v) is 9.09. The first-order valence-electron chi connectivity index (χ1n) is 5.10. The molecule has 1 amide bonds. The maximum atomic E-state index is 10.7. The number of nitrogens with zero attached hydrogens (tertiary/aromatic N) is 2. The fourth-order valence-electron chi connectivity index (χ4n) is 1.55. The normalized spacial score (nSPS) is 12.1. The van der Waals surface area contributed by atoms with Gasteiger partial charge in [-0.2, -0.15) is 0 Å². The zero-order valence-electron chi connectivity index (χ0n) is 9.09. The fraction of sp³-hybridized carbons (Fsp3) is 0.500. The van der Waals surface area contributed by atoms with Crippen LogP contribution in [0.15, 0.2) is 12.5 Å². The lowest BCUT2D eigenvalue weighted by Crippen LogP contribution is -2.24. The van der Waals surface area contributed by atoms with E-state index in [1.807, 2.05) is 11.5 Å². The van der Waals surface area contributed by atoms with E-state index in [1.54, 1.807) is 12.5 Å². The average Bonchev–Trinajstić information content (AvgIpc) is 2.65. The van der Waals surface area contributed by atoms with Gasteiger partial charge in [-0.25, -0.2) is 4.98 Å². The molecule has 16 heavy (non-hydrogen) atoms. The Morgan fingerprint density at radius 1 is 1.75 bits per heavy atom. The molecule has 88 valence electrons. The number of carbonyl (C=O) groups is 2. The van der Waals surface area contributed by atoms with Gasteiger partial charge in [0.2, 0.25) is 6.41 Å². The molecule has 1 heterocycles. The van der Waals surface area contributed by atoms with Gasteiger partial charge in [-0.3, -0.25) is 9.59 Å². The third-order valence-electron chi connectivity index (χ3n) is 2.21. The highest BCUT2D eigenvalue weighted by Crippen LogP contribution is 2.16. The molecule has 0 aliphatic heterocycles. The van der Waals surface area contributed by atoms with Gasteiger partial charge in [0, 0.05) is 6.54 Å². The first kappa shape index (κ1) is 12.2. The molecule has 1 atom stereocenters. The molecule has 0 radical (unpaired) electrons. The standard InChI is InChI=1S/C10H15N3O3/c1-2-3-13-6-11-5-9(13)8(12-7-14)4-10(15)16/h5-8H,2-4H2,1H3,(H,12,14)(H,15,16)/t8-/m1/s1. The molecule has 0 spiro atoms. The quantitative estimate of drug-likeness (QED) is 0.664. The van der Waals surface area contributed by atoms with Crippen LogP contribution >= 0.6 is 0 Å². The van der Waals surface area contributed by atoms with Gasteiger partial charge in [-0.1, -0.05) is 6.92 Å². The van der Waals surface area contributed by atoms with Crippen LogP contribution in [0, 0.1) is 0 Å². The predicted octanol–water partition coefficient (Wildman–Crippen LogP) is 0.555. The van der Waals surface area contributed by atoms with Crippen molar-refractivity contribution in [3.63, 3.8) is 0 Å². The summed E-state index contributed by atoms with van der Waals surface area (Å²) in [7, 11) is 0. The molecule has 1 rings (SSSR count). The number of imidazole rings is 1. The molecule has 0 unspecified atom stereocenters. The smallest absolute Gasteiger partial charge is 0.305 e. The molecule has 6 nitrogen and oxygen atoms in total. The molecule has 6 heteroatoms. The monoisotopic (exact) mass is 225 g/mol. The van der Waals surface area contributed by atoms with Crippen molar-refractivity contribution in [3.8, 4) is 0 Å². The Kier molecular flexibility index (Phi) is 4.50. The molecule has 0 bridgehead atoms. The van der Waals surface area contributed by atoms with Crippen LogP contribution in [-0.2, 0) is 16.1 Å². The minimum atomic E-state index is -0.955. The number of carbonyl (C=O) groups excluding carboxylic acids is 1. The minimum absolute atomic E-state index is 0.145. The molecule has 0 fully saturated rings. The number of aliphatic carboxylic acids is 1. The lowest BCUT2D eigenvalue weighted by atomic mass is 10.1. The summed E-state index contributed by atoms with van der Waals surface area (Å²) < 4.78 is 1.85. The SMILES string of the molecule is CCCn1cncc1[C@@H](CC(=O)O)NC=O. The van der Waals surface area contributed by atoms with E-state index >= 15 is 0 Å². The Morgan fingerprint density at radius 3 is 3.06 bits per heavy atom. The number of carboxylic acid groups (broad SMARTS) is 1. The van der Waals surface area contributed by atoms with Crippen molar-refractivity contribution >= 4 is 12.4 Å². The summed E-state index contributed by atoms with van der Waals surface area (Å²) in [5, 5.41) is 11.2. The van der Waals surface area contributed by atoms with E-state index in [0.717, 1.165) is 18.7 Å². The largest absolute Gasteiger partial charge is 0.481 e. The fourth-order valence-corrected chi connectivity index (χ4v) is 1.55. The van der Waals surface area contributed by atoms with Crippen molar-refractivity contribution in [2.45, 2.75) is 32.4 Å². The van der Waals surface area contributed by atoms with Crippen LogP contribution in [0.2, 0.25) is 0 Å².